The molecule has 1 aliphatic heterocycles. The van der Waals surface area contributed by atoms with E-state index in [0.29, 0.717) is 17.4 Å². The van der Waals surface area contributed by atoms with E-state index in [-0.39, 0.29) is 11.3 Å². The van der Waals surface area contributed by atoms with Gasteiger partial charge in [0.15, 0.2) is 5.76 Å². The van der Waals surface area contributed by atoms with Crippen molar-refractivity contribution >= 4 is 17.7 Å². The molecule has 2 atom stereocenters. The summed E-state index contributed by atoms with van der Waals surface area (Å²) < 4.78 is 5.12. The summed E-state index contributed by atoms with van der Waals surface area (Å²) in [6.07, 6.45) is 1.84. The van der Waals surface area contributed by atoms with E-state index < -0.39 is 11.6 Å². The number of aliphatic hydroxyl groups is 1. The maximum absolute atomic E-state index is 10.9. The van der Waals surface area contributed by atoms with Crippen molar-refractivity contribution < 1.29 is 19.4 Å². The minimum Gasteiger partial charge on any atom is -0.478 e. The number of carbonyl (C=O) groups is 1. The Morgan fingerprint density at radius 1 is 1.73 bits per heavy atom. The van der Waals surface area contributed by atoms with Crippen LogP contribution in [0.15, 0.2) is 16.7 Å². The summed E-state index contributed by atoms with van der Waals surface area (Å²) in [6, 6.07) is 1.38. The first-order valence-electron chi connectivity index (χ1n) is 4.68. The van der Waals surface area contributed by atoms with Crippen molar-refractivity contribution in [3.05, 3.63) is 23.7 Å². The molecule has 1 saturated heterocycles. The van der Waals surface area contributed by atoms with Crippen molar-refractivity contribution in [2.75, 3.05) is 5.75 Å². The van der Waals surface area contributed by atoms with Crippen molar-refractivity contribution in [2.45, 2.75) is 24.2 Å². The SMILES string of the molecule is CC1CC(O)(c2occc2C(=O)O)CS1. The van der Waals surface area contributed by atoms with Gasteiger partial charge in [0, 0.05) is 11.0 Å². The van der Waals surface area contributed by atoms with Gasteiger partial charge in [0.2, 0.25) is 0 Å². The van der Waals surface area contributed by atoms with Crippen molar-refractivity contribution in [2.24, 2.45) is 0 Å². The normalized spacial score (nSPS) is 30.7. The lowest BCUT2D eigenvalue weighted by atomic mass is 9.95. The first-order chi connectivity index (χ1) is 7.03. The lowest BCUT2D eigenvalue weighted by molar-refractivity contribution is 0.0345. The lowest BCUT2D eigenvalue weighted by Gasteiger charge is -2.19. The van der Waals surface area contributed by atoms with E-state index in [0.717, 1.165) is 0 Å². The van der Waals surface area contributed by atoms with Gasteiger partial charge in [-0.3, -0.25) is 0 Å². The Kier molecular flexibility index (Phi) is 2.52. The molecule has 1 aromatic heterocycles. The second-order valence-electron chi connectivity index (χ2n) is 3.83. The van der Waals surface area contributed by atoms with Gasteiger partial charge in [-0.15, -0.1) is 0 Å². The van der Waals surface area contributed by atoms with E-state index in [4.69, 9.17) is 9.52 Å². The highest BCUT2D eigenvalue weighted by Gasteiger charge is 2.42. The topological polar surface area (TPSA) is 70.7 Å². The molecule has 0 spiro atoms. The molecule has 1 aromatic rings. The zero-order valence-corrected chi connectivity index (χ0v) is 9.08. The van der Waals surface area contributed by atoms with Crippen LogP contribution in [-0.2, 0) is 5.60 Å². The van der Waals surface area contributed by atoms with Gasteiger partial charge in [0.05, 0.1) is 6.26 Å². The maximum atomic E-state index is 10.9. The summed E-state index contributed by atoms with van der Waals surface area (Å²) in [6.45, 7) is 2.01. The van der Waals surface area contributed by atoms with Crippen LogP contribution < -0.4 is 0 Å². The molecule has 82 valence electrons. The summed E-state index contributed by atoms with van der Waals surface area (Å²) >= 11 is 1.62. The van der Waals surface area contributed by atoms with Crippen LogP contribution in [0.2, 0.25) is 0 Å². The predicted molar refractivity (Wildman–Crippen MR) is 56.1 cm³/mol. The summed E-state index contributed by atoms with van der Waals surface area (Å²) in [5.74, 6) is -0.384. The molecule has 2 rings (SSSR count). The fourth-order valence-corrected chi connectivity index (χ4v) is 3.07. The Bertz CT molecular complexity index is 387. The fraction of sp³-hybridized carbons (Fsp3) is 0.500. The summed E-state index contributed by atoms with van der Waals surface area (Å²) in [7, 11) is 0. The van der Waals surface area contributed by atoms with Crippen LogP contribution in [0.3, 0.4) is 0 Å². The quantitative estimate of drug-likeness (QED) is 0.806. The molecular weight excluding hydrogens is 216 g/mol. The molecule has 15 heavy (non-hydrogen) atoms. The number of furan rings is 1. The zero-order chi connectivity index (χ0) is 11.1. The van der Waals surface area contributed by atoms with Crippen molar-refractivity contribution in [1.82, 2.24) is 0 Å². The molecule has 0 radical (unpaired) electrons. The van der Waals surface area contributed by atoms with E-state index in [9.17, 15) is 9.90 Å². The number of carboxylic acid groups (broad SMARTS) is 1. The summed E-state index contributed by atoms with van der Waals surface area (Å²) in [5, 5.41) is 19.5. The van der Waals surface area contributed by atoms with Crippen LogP contribution >= 0.6 is 11.8 Å². The second kappa shape index (κ2) is 3.57. The third kappa shape index (κ3) is 1.77. The number of aromatic carboxylic acids is 1. The number of carboxylic acids is 1. The number of hydrogen-bond acceptors (Lipinski definition) is 4. The minimum atomic E-state index is -1.12. The van der Waals surface area contributed by atoms with Crippen LogP contribution in [-0.4, -0.2) is 27.2 Å². The Morgan fingerprint density at radius 2 is 2.47 bits per heavy atom. The van der Waals surface area contributed by atoms with Gasteiger partial charge in [-0.2, -0.15) is 11.8 Å². The Balaban J connectivity index is 2.37. The average molecular weight is 228 g/mol. The first-order valence-corrected chi connectivity index (χ1v) is 5.73. The zero-order valence-electron chi connectivity index (χ0n) is 8.27. The number of rotatable bonds is 2. The maximum Gasteiger partial charge on any atom is 0.339 e. The van der Waals surface area contributed by atoms with Crippen LogP contribution in [0.25, 0.3) is 0 Å². The molecule has 1 fully saturated rings. The van der Waals surface area contributed by atoms with E-state index in [1.165, 1.54) is 12.3 Å². The van der Waals surface area contributed by atoms with E-state index in [1.807, 2.05) is 6.92 Å². The molecule has 2 N–H and O–H groups in total. The van der Waals surface area contributed by atoms with Gasteiger partial charge in [0.25, 0.3) is 0 Å². The first kappa shape index (κ1) is 10.6. The Morgan fingerprint density at radius 3 is 3.00 bits per heavy atom. The highest BCUT2D eigenvalue weighted by molar-refractivity contribution is 8.00. The minimum absolute atomic E-state index is 0.0622. The molecule has 2 unspecified atom stereocenters. The van der Waals surface area contributed by atoms with Gasteiger partial charge in [-0.05, 0) is 12.5 Å². The van der Waals surface area contributed by atoms with E-state index >= 15 is 0 Å². The molecule has 0 bridgehead atoms. The van der Waals surface area contributed by atoms with Crippen molar-refractivity contribution in [1.29, 1.82) is 0 Å². The van der Waals surface area contributed by atoms with Crippen LogP contribution in [0.5, 0.6) is 0 Å². The Hall–Kier alpha value is -0.940. The van der Waals surface area contributed by atoms with E-state index in [2.05, 4.69) is 0 Å². The molecule has 1 aliphatic rings. The molecule has 4 nitrogen and oxygen atoms in total. The molecule has 2 heterocycles. The molecule has 0 aliphatic carbocycles. The monoisotopic (exact) mass is 228 g/mol. The van der Waals surface area contributed by atoms with Gasteiger partial charge in [0.1, 0.15) is 11.2 Å². The van der Waals surface area contributed by atoms with Crippen molar-refractivity contribution in [3.63, 3.8) is 0 Å². The second-order valence-corrected chi connectivity index (χ2v) is 5.25. The number of thioether (sulfide) groups is 1. The third-order valence-corrected chi connectivity index (χ3v) is 3.93. The predicted octanol–water partition coefficient (Wildman–Crippen LogP) is 1.69. The molecule has 0 saturated carbocycles. The summed E-state index contributed by atoms with van der Waals surface area (Å²) in [4.78, 5) is 10.9. The lowest BCUT2D eigenvalue weighted by Crippen LogP contribution is -2.27. The number of hydrogen-bond donors (Lipinski definition) is 2. The van der Waals surface area contributed by atoms with Gasteiger partial charge >= 0.3 is 5.97 Å². The smallest absolute Gasteiger partial charge is 0.339 e. The Labute approximate surface area is 91.3 Å². The molecule has 5 heteroatoms. The van der Waals surface area contributed by atoms with E-state index in [1.54, 1.807) is 11.8 Å². The highest BCUT2D eigenvalue weighted by Crippen LogP contribution is 2.42. The molecule has 0 aromatic carbocycles. The van der Waals surface area contributed by atoms with Gasteiger partial charge < -0.3 is 14.6 Å². The van der Waals surface area contributed by atoms with Gasteiger partial charge in [-0.25, -0.2) is 4.79 Å². The standard InChI is InChI=1S/C10H12O4S/c1-6-4-10(13,5-15-6)8-7(9(11)12)2-3-14-8/h2-3,6,13H,4-5H2,1H3,(H,11,12). The molecular formula is C10H12O4S. The van der Waals surface area contributed by atoms with Crippen LogP contribution in [0.1, 0.15) is 29.5 Å². The molecule has 0 amide bonds. The highest BCUT2D eigenvalue weighted by atomic mass is 32.2. The third-order valence-electron chi connectivity index (χ3n) is 2.55. The van der Waals surface area contributed by atoms with Crippen LogP contribution in [0.4, 0.5) is 0 Å². The van der Waals surface area contributed by atoms with Crippen LogP contribution in [0, 0.1) is 0 Å². The van der Waals surface area contributed by atoms with Crippen molar-refractivity contribution in [3.8, 4) is 0 Å². The largest absolute Gasteiger partial charge is 0.478 e. The fourth-order valence-electron chi connectivity index (χ4n) is 1.87. The van der Waals surface area contributed by atoms with Gasteiger partial charge in [-0.1, -0.05) is 6.92 Å². The summed E-state index contributed by atoms with van der Waals surface area (Å²) in [5.41, 5.74) is -1.06. The average Bonchev–Trinajstić information content (AvgIpc) is 2.72.